The number of nitrogens with zero attached hydrogens (tertiary/aromatic N) is 3. The van der Waals surface area contributed by atoms with Crippen LogP contribution in [0, 0.1) is 0 Å². The molecule has 2 heterocycles. The third kappa shape index (κ3) is 4.88. The smallest absolute Gasteiger partial charge is 0.258 e. The summed E-state index contributed by atoms with van der Waals surface area (Å²) in [5, 5.41) is 4.71. The Hall–Kier alpha value is -3.32. The van der Waals surface area contributed by atoms with E-state index >= 15 is 0 Å². The van der Waals surface area contributed by atoms with Crippen molar-refractivity contribution >= 4 is 39.9 Å². The molecule has 2 amide bonds. The number of anilines is 1. The predicted octanol–water partition coefficient (Wildman–Crippen LogP) is 2.12. The number of carbonyl (C=O) groups is 2. The van der Waals surface area contributed by atoms with Gasteiger partial charge in [0.05, 0.1) is 6.54 Å². The van der Waals surface area contributed by atoms with Crippen molar-refractivity contribution in [2.24, 2.45) is 0 Å². The van der Waals surface area contributed by atoms with Gasteiger partial charge >= 0.3 is 0 Å². The number of aromatic nitrogens is 1. The minimum absolute atomic E-state index is 0.0850. The van der Waals surface area contributed by atoms with Crippen LogP contribution in [0.3, 0.4) is 0 Å². The molecule has 0 aliphatic carbocycles. The Morgan fingerprint density at radius 1 is 0.968 bits per heavy atom. The molecular formula is C23H23ClN4O3. The van der Waals surface area contributed by atoms with Crippen molar-refractivity contribution in [2.75, 3.05) is 37.6 Å². The highest BCUT2D eigenvalue weighted by molar-refractivity contribution is 6.30. The molecule has 2 aromatic carbocycles. The molecule has 0 radical (unpaired) electrons. The van der Waals surface area contributed by atoms with Gasteiger partial charge in [0, 0.05) is 48.5 Å². The quantitative estimate of drug-likeness (QED) is 0.662. The van der Waals surface area contributed by atoms with Gasteiger partial charge in [-0.3, -0.25) is 14.4 Å². The Morgan fingerprint density at radius 2 is 1.74 bits per heavy atom. The number of hydrogen-bond donors (Lipinski definition) is 1. The molecule has 3 aromatic rings. The molecule has 1 N–H and O–H groups in total. The highest BCUT2D eigenvalue weighted by Crippen LogP contribution is 2.20. The van der Waals surface area contributed by atoms with Crippen LogP contribution < -0.4 is 15.8 Å². The van der Waals surface area contributed by atoms with E-state index in [1.807, 2.05) is 36.4 Å². The Balaban J connectivity index is 1.28. The fraction of sp³-hybridized carbons (Fsp3) is 0.261. The molecule has 1 saturated heterocycles. The maximum atomic E-state index is 12.5. The molecule has 0 bridgehead atoms. The summed E-state index contributed by atoms with van der Waals surface area (Å²) in [5.74, 6) is -0.506. The fourth-order valence-corrected chi connectivity index (χ4v) is 3.92. The number of carbonyl (C=O) groups excluding carboxylic acids is 2. The SMILES string of the molecule is O=C(Cn1ccc2ccccc2c1=O)NCC(=O)N1CCN(c2cccc(Cl)c2)CC1. The van der Waals surface area contributed by atoms with E-state index in [0.29, 0.717) is 36.6 Å². The molecule has 160 valence electrons. The van der Waals surface area contributed by atoms with Crippen LogP contribution in [0.4, 0.5) is 5.69 Å². The van der Waals surface area contributed by atoms with Gasteiger partial charge in [0.2, 0.25) is 11.8 Å². The van der Waals surface area contributed by atoms with Crippen LogP contribution in [0.1, 0.15) is 0 Å². The monoisotopic (exact) mass is 438 g/mol. The molecule has 4 rings (SSSR count). The number of halogens is 1. The Kier molecular flexibility index (Phi) is 6.23. The van der Waals surface area contributed by atoms with Crippen molar-refractivity contribution in [1.82, 2.24) is 14.8 Å². The number of piperazine rings is 1. The number of hydrogen-bond acceptors (Lipinski definition) is 4. The molecule has 8 heteroatoms. The minimum atomic E-state index is -0.372. The molecular weight excluding hydrogens is 416 g/mol. The average Bonchev–Trinajstić information content (AvgIpc) is 2.79. The summed E-state index contributed by atoms with van der Waals surface area (Å²) in [6, 6.07) is 16.7. The van der Waals surface area contributed by atoms with E-state index in [1.54, 1.807) is 29.3 Å². The fourth-order valence-electron chi connectivity index (χ4n) is 3.74. The second kappa shape index (κ2) is 9.22. The molecule has 0 saturated carbocycles. The largest absolute Gasteiger partial charge is 0.368 e. The highest BCUT2D eigenvalue weighted by Gasteiger charge is 2.21. The van der Waals surface area contributed by atoms with Crippen molar-refractivity contribution in [3.63, 3.8) is 0 Å². The third-order valence-corrected chi connectivity index (χ3v) is 5.68. The number of benzene rings is 2. The van der Waals surface area contributed by atoms with Gasteiger partial charge in [-0.25, -0.2) is 0 Å². The topological polar surface area (TPSA) is 74.6 Å². The summed E-state index contributed by atoms with van der Waals surface area (Å²) >= 11 is 6.06. The van der Waals surface area contributed by atoms with E-state index in [4.69, 9.17) is 11.6 Å². The van der Waals surface area contributed by atoms with Crippen LogP contribution in [0.15, 0.2) is 65.6 Å². The molecule has 0 spiro atoms. The van der Waals surface area contributed by atoms with Crippen molar-refractivity contribution in [1.29, 1.82) is 0 Å². The first-order chi connectivity index (χ1) is 15.0. The third-order valence-electron chi connectivity index (χ3n) is 5.44. The molecule has 0 unspecified atom stereocenters. The molecule has 1 aromatic heterocycles. The van der Waals surface area contributed by atoms with Crippen LogP contribution in [0.2, 0.25) is 5.02 Å². The number of amides is 2. The van der Waals surface area contributed by atoms with Crippen LogP contribution in [0.25, 0.3) is 10.8 Å². The molecule has 1 aliphatic rings. The maximum Gasteiger partial charge on any atom is 0.258 e. The second-order valence-corrected chi connectivity index (χ2v) is 7.90. The van der Waals surface area contributed by atoms with E-state index in [0.717, 1.165) is 11.1 Å². The van der Waals surface area contributed by atoms with E-state index in [2.05, 4.69) is 10.2 Å². The first-order valence-electron chi connectivity index (χ1n) is 10.1. The van der Waals surface area contributed by atoms with Crippen LogP contribution in [0.5, 0.6) is 0 Å². The first kappa shape index (κ1) is 20.9. The summed E-state index contributed by atoms with van der Waals surface area (Å²) < 4.78 is 1.35. The van der Waals surface area contributed by atoms with E-state index < -0.39 is 0 Å². The zero-order valence-corrected chi connectivity index (χ0v) is 17.7. The summed E-state index contributed by atoms with van der Waals surface area (Å²) in [5.41, 5.74) is 0.811. The lowest BCUT2D eigenvalue weighted by molar-refractivity contribution is -0.133. The van der Waals surface area contributed by atoms with Crippen LogP contribution >= 0.6 is 11.6 Å². The molecule has 1 fully saturated rings. The Morgan fingerprint density at radius 3 is 2.52 bits per heavy atom. The van der Waals surface area contributed by atoms with Crippen molar-refractivity contribution in [3.8, 4) is 0 Å². The zero-order chi connectivity index (χ0) is 21.8. The van der Waals surface area contributed by atoms with E-state index in [-0.39, 0.29) is 30.5 Å². The zero-order valence-electron chi connectivity index (χ0n) is 17.0. The normalized spacial score (nSPS) is 14.0. The lowest BCUT2D eigenvalue weighted by Crippen LogP contribution is -2.51. The van der Waals surface area contributed by atoms with Crippen molar-refractivity contribution in [2.45, 2.75) is 6.54 Å². The maximum absolute atomic E-state index is 12.5. The van der Waals surface area contributed by atoms with Gasteiger partial charge in [0.25, 0.3) is 5.56 Å². The van der Waals surface area contributed by atoms with Gasteiger partial charge in [0.15, 0.2) is 0 Å². The number of fused-ring (bicyclic) bond motifs is 1. The number of nitrogens with one attached hydrogen (secondary N) is 1. The summed E-state index contributed by atoms with van der Waals surface area (Å²) in [6.07, 6.45) is 1.60. The van der Waals surface area contributed by atoms with Crippen LogP contribution in [-0.2, 0) is 16.1 Å². The lowest BCUT2D eigenvalue weighted by Gasteiger charge is -2.36. The van der Waals surface area contributed by atoms with Gasteiger partial charge in [-0.15, -0.1) is 0 Å². The first-order valence-corrected chi connectivity index (χ1v) is 10.5. The predicted molar refractivity (Wildman–Crippen MR) is 121 cm³/mol. The lowest BCUT2D eigenvalue weighted by atomic mass is 10.2. The Labute approximate surface area is 184 Å². The number of rotatable bonds is 5. The molecule has 7 nitrogen and oxygen atoms in total. The number of pyridine rings is 1. The summed E-state index contributed by atoms with van der Waals surface area (Å²) in [4.78, 5) is 41.2. The van der Waals surface area contributed by atoms with E-state index in [9.17, 15) is 14.4 Å². The van der Waals surface area contributed by atoms with Gasteiger partial charge in [-0.2, -0.15) is 0 Å². The molecule has 0 atom stereocenters. The standard InChI is InChI=1S/C23H23ClN4O3/c24-18-5-3-6-19(14-18)26-10-12-27(13-11-26)22(30)15-25-21(29)16-28-9-8-17-4-1-2-7-20(17)23(28)31/h1-9,14H,10-13,15-16H2,(H,25,29). The van der Waals surface area contributed by atoms with Gasteiger partial charge in [-0.05, 0) is 35.7 Å². The van der Waals surface area contributed by atoms with Gasteiger partial charge in [0.1, 0.15) is 6.54 Å². The molecule has 31 heavy (non-hydrogen) atoms. The van der Waals surface area contributed by atoms with Gasteiger partial charge < -0.3 is 19.7 Å². The average molecular weight is 439 g/mol. The Bertz CT molecular complexity index is 1170. The summed E-state index contributed by atoms with van der Waals surface area (Å²) in [7, 11) is 0. The molecule has 1 aliphatic heterocycles. The van der Waals surface area contributed by atoms with Crippen molar-refractivity contribution < 1.29 is 9.59 Å². The van der Waals surface area contributed by atoms with Crippen molar-refractivity contribution in [3.05, 3.63) is 76.2 Å². The minimum Gasteiger partial charge on any atom is -0.368 e. The second-order valence-electron chi connectivity index (χ2n) is 7.46. The van der Waals surface area contributed by atoms with Gasteiger partial charge in [-0.1, -0.05) is 35.9 Å². The van der Waals surface area contributed by atoms with Crippen LogP contribution in [-0.4, -0.2) is 54.0 Å². The highest BCUT2D eigenvalue weighted by atomic mass is 35.5. The van der Waals surface area contributed by atoms with E-state index in [1.165, 1.54) is 4.57 Å². The summed E-state index contributed by atoms with van der Waals surface area (Å²) in [6.45, 7) is 2.34.